The topological polar surface area (TPSA) is 66.5 Å². The third-order valence-corrected chi connectivity index (χ3v) is 4.19. The van der Waals surface area contributed by atoms with E-state index in [2.05, 4.69) is 18.8 Å². The van der Waals surface area contributed by atoms with Crippen molar-refractivity contribution in [3.63, 3.8) is 0 Å². The quantitative estimate of drug-likeness (QED) is 0.324. The molecule has 0 aliphatic carbocycles. The maximum atomic E-state index is 12.7. The first kappa shape index (κ1) is 18.1. The van der Waals surface area contributed by atoms with Gasteiger partial charge in [0.1, 0.15) is 6.04 Å². The second kappa shape index (κ2) is 7.92. The number of imide groups is 1. The molecule has 1 N–H and O–H groups in total. The highest BCUT2D eigenvalue weighted by Crippen LogP contribution is 2.23. The predicted octanol–water partition coefficient (Wildman–Crippen LogP) is 2.97. The largest absolute Gasteiger partial charge is 0.325 e. The summed E-state index contributed by atoms with van der Waals surface area (Å²) in [5.74, 6) is -0.532. The Balaban J connectivity index is 3.02. The molecule has 22 heavy (non-hydrogen) atoms. The molecule has 0 aromatic rings. The molecule has 0 aromatic carbocycles. The lowest BCUT2D eigenvalue weighted by Crippen LogP contribution is -2.47. The van der Waals surface area contributed by atoms with Crippen molar-refractivity contribution >= 4 is 17.7 Å². The number of nitrogens with zero attached hydrogens (tertiary/aromatic N) is 1. The summed E-state index contributed by atoms with van der Waals surface area (Å²) in [6.07, 6.45) is 5.21. The number of amides is 3. The molecule has 1 aliphatic rings. The Morgan fingerprint density at radius 1 is 1.41 bits per heavy atom. The summed E-state index contributed by atoms with van der Waals surface area (Å²) in [4.78, 5) is 37.8. The molecule has 5 heteroatoms. The van der Waals surface area contributed by atoms with E-state index in [0.29, 0.717) is 12.0 Å². The van der Waals surface area contributed by atoms with Gasteiger partial charge in [0.25, 0.3) is 5.91 Å². The van der Waals surface area contributed by atoms with E-state index in [1.54, 1.807) is 6.92 Å². The van der Waals surface area contributed by atoms with E-state index in [0.717, 1.165) is 24.8 Å². The molecule has 2 unspecified atom stereocenters. The Kier molecular flexibility index (Phi) is 6.53. The number of carbonyl (C=O) groups is 3. The Labute approximate surface area is 132 Å². The van der Waals surface area contributed by atoms with E-state index in [1.165, 1.54) is 4.90 Å². The highest BCUT2D eigenvalue weighted by Gasteiger charge is 2.42. The van der Waals surface area contributed by atoms with Crippen molar-refractivity contribution in [2.24, 2.45) is 0 Å². The van der Waals surface area contributed by atoms with Gasteiger partial charge in [-0.15, -0.1) is 0 Å². The first-order valence-corrected chi connectivity index (χ1v) is 7.84. The average molecular weight is 306 g/mol. The van der Waals surface area contributed by atoms with Crippen molar-refractivity contribution in [1.29, 1.82) is 0 Å². The SMILES string of the molecule is C=C(C(=O)C(CCCCC)N1C(=O)NC(=O)C1C)C(C)=CC. The lowest BCUT2D eigenvalue weighted by molar-refractivity contribution is -0.123. The molecule has 0 bridgehead atoms. The summed E-state index contributed by atoms with van der Waals surface area (Å²) < 4.78 is 0. The van der Waals surface area contributed by atoms with Crippen LogP contribution in [0.5, 0.6) is 0 Å². The van der Waals surface area contributed by atoms with Gasteiger partial charge in [0.2, 0.25) is 0 Å². The molecule has 0 spiro atoms. The van der Waals surface area contributed by atoms with E-state index < -0.39 is 18.1 Å². The van der Waals surface area contributed by atoms with Crippen molar-refractivity contribution in [2.45, 2.75) is 65.5 Å². The minimum atomic E-state index is -0.629. The third kappa shape index (κ3) is 3.84. The third-order valence-electron chi connectivity index (χ3n) is 4.19. The molecule has 1 saturated heterocycles. The lowest BCUT2D eigenvalue weighted by atomic mass is 9.94. The van der Waals surface area contributed by atoms with E-state index in [-0.39, 0.29) is 11.7 Å². The Morgan fingerprint density at radius 3 is 2.50 bits per heavy atom. The van der Waals surface area contributed by atoms with Gasteiger partial charge in [-0.1, -0.05) is 38.8 Å². The van der Waals surface area contributed by atoms with Gasteiger partial charge < -0.3 is 4.90 Å². The number of allylic oxidation sites excluding steroid dienone is 2. The van der Waals surface area contributed by atoms with Gasteiger partial charge in [0.15, 0.2) is 5.78 Å². The zero-order chi connectivity index (χ0) is 16.9. The second-order valence-corrected chi connectivity index (χ2v) is 5.70. The van der Waals surface area contributed by atoms with Crippen LogP contribution in [0.3, 0.4) is 0 Å². The van der Waals surface area contributed by atoms with E-state index in [9.17, 15) is 14.4 Å². The molecule has 122 valence electrons. The summed E-state index contributed by atoms with van der Waals surface area (Å²) in [7, 11) is 0. The van der Waals surface area contributed by atoms with Gasteiger partial charge in [0, 0.05) is 5.57 Å². The lowest BCUT2D eigenvalue weighted by Gasteiger charge is -2.29. The van der Waals surface area contributed by atoms with Crippen LogP contribution in [0.15, 0.2) is 23.8 Å². The van der Waals surface area contributed by atoms with Crippen LogP contribution in [0.4, 0.5) is 4.79 Å². The van der Waals surface area contributed by atoms with Gasteiger partial charge in [-0.3, -0.25) is 14.9 Å². The van der Waals surface area contributed by atoms with Crippen LogP contribution in [0, 0.1) is 0 Å². The fraction of sp³-hybridized carbons (Fsp3) is 0.588. The number of carbonyl (C=O) groups excluding carboxylic acids is 3. The molecule has 2 atom stereocenters. The van der Waals surface area contributed by atoms with Crippen LogP contribution in [-0.4, -0.2) is 34.7 Å². The number of Topliss-reactive ketones (excluding diaryl/α,β-unsaturated/α-hetero) is 1. The van der Waals surface area contributed by atoms with E-state index >= 15 is 0 Å². The number of unbranched alkanes of at least 4 members (excludes halogenated alkanes) is 2. The van der Waals surface area contributed by atoms with Crippen LogP contribution >= 0.6 is 0 Å². The molecule has 1 aliphatic heterocycles. The van der Waals surface area contributed by atoms with Gasteiger partial charge >= 0.3 is 6.03 Å². The Bertz CT molecular complexity index is 508. The van der Waals surface area contributed by atoms with E-state index in [1.807, 2.05) is 19.9 Å². The van der Waals surface area contributed by atoms with Crippen LogP contribution in [0.1, 0.15) is 53.4 Å². The smallest absolute Gasteiger partial charge is 0.302 e. The highest BCUT2D eigenvalue weighted by molar-refractivity contribution is 6.09. The van der Waals surface area contributed by atoms with Gasteiger partial charge in [0.05, 0.1) is 6.04 Å². The Morgan fingerprint density at radius 2 is 2.05 bits per heavy atom. The number of nitrogens with one attached hydrogen (secondary N) is 1. The van der Waals surface area contributed by atoms with Gasteiger partial charge in [-0.2, -0.15) is 0 Å². The first-order valence-electron chi connectivity index (χ1n) is 7.84. The molecule has 0 radical (unpaired) electrons. The van der Waals surface area contributed by atoms with Crippen molar-refractivity contribution in [1.82, 2.24) is 10.2 Å². The molecule has 5 nitrogen and oxygen atoms in total. The van der Waals surface area contributed by atoms with Crippen LogP contribution in [0.2, 0.25) is 0 Å². The van der Waals surface area contributed by atoms with Gasteiger partial charge in [-0.25, -0.2) is 4.79 Å². The summed E-state index contributed by atoms with van der Waals surface area (Å²) in [5, 5.41) is 2.28. The predicted molar refractivity (Wildman–Crippen MR) is 86.3 cm³/mol. The van der Waals surface area contributed by atoms with Crippen molar-refractivity contribution in [3.8, 4) is 0 Å². The standard InChI is InChI=1S/C17H26N2O3/c1-6-8-9-10-14(15(20)12(4)11(3)7-2)19-13(5)16(21)18-17(19)22/h7,13-14H,4,6,8-10H2,1-3,5H3,(H,18,21,22). The fourth-order valence-electron chi connectivity index (χ4n) is 2.54. The summed E-state index contributed by atoms with van der Waals surface area (Å²) in [5.41, 5.74) is 1.20. The minimum Gasteiger partial charge on any atom is -0.302 e. The summed E-state index contributed by atoms with van der Waals surface area (Å²) in [6.45, 7) is 11.2. The maximum absolute atomic E-state index is 12.7. The molecular weight excluding hydrogens is 280 g/mol. The molecule has 0 saturated carbocycles. The zero-order valence-corrected chi connectivity index (χ0v) is 13.9. The maximum Gasteiger partial charge on any atom is 0.325 e. The van der Waals surface area contributed by atoms with Crippen molar-refractivity contribution < 1.29 is 14.4 Å². The van der Waals surface area contributed by atoms with E-state index in [4.69, 9.17) is 0 Å². The number of hydrogen-bond acceptors (Lipinski definition) is 3. The number of ketones is 1. The minimum absolute atomic E-state index is 0.177. The first-order chi connectivity index (χ1) is 10.3. The molecular formula is C17H26N2O3. The summed E-state index contributed by atoms with van der Waals surface area (Å²) in [6, 6.07) is -1.74. The zero-order valence-electron chi connectivity index (χ0n) is 13.9. The number of urea groups is 1. The van der Waals surface area contributed by atoms with Gasteiger partial charge in [-0.05, 0) is 32.8 Å². The van der Waals surface area contributed by atoms with Crippen LogP contribution < -0.4 is 5.32 Å². The summed E-state index contributed by atoms with van der Waals surface area (Å²) >= 11 is 0. The second-order valence-electron chi connectivity index (χ2n) is 5.70. The van der Waals surface area contributed by atoms with Crippen molar-refractivity contribution in [2.75, 3.05) is 0 Å². The Hall–Kier alpha value is -1.91. The molecule has 3 amide bonds. The molecule has 1 fully saturated rings. The van der Waals surface area contributed by atoms with Crippen LogP contribution in [0.25, 0.3) is 0 Å². The highest BCUT2D eigenvalue weighted by atomic mass is 16.2. The fourth-order valence-corrected chi connectivity index (χ4v) is 2.54. The molecule has 1 heterocycles. The number of rotatable bonds is 8. The molecule has 0 aromatic heterocycles. The normalized spacial score (nSPS) is 20.1. The van der Waals surface area contributed by atoms with Crippen LogP contribution in [-0.2, 0) is 9.59 Å². The van der Waals surface area contributed by atoms with Crippen molar-refractivity contribution in [3.05, 3.63) is 23.8 Å². The molecule has 1 rings (SSSR count). The monoisotopic (exact) mass is 306 g/mol. The average Bonchev–Trinajstić information content (AvgIpc) is 2.75. The number of hydrogen-bond donors (Lipinski definition) is 1.